The number of Topliss-reactive ketones (excluding diaryl/α,β-unsaturated/α-hetero) is 2. The molecule has 14 rings (SSSR count). The molecule has 5 aliphatic carbocycles. The number of ketones is 2. The first-order valence-corrected chi connectivity index (χ1v) is 28.8. The van der Waals surface area contributed by atoms with Crippen molar-refractivity contribution in [2.24, 2.45) is 0 Å². The molecule has 8 heterocycles. The molecular weight excluding hydrogens is 1090 g/mol. The van der Waals surface area contributed by atoms with Gasteiger partial charge in [0.1, 0.15) is 29.1 Å². The van der Waals surface area contributed by atoms with Crippen molar-refractivity contribution in [1.82, 2.24) is 44.9 Å². The van der Waals surface area contributed by atoms with Crippen molar-refractivity contribution in [3.63, 3.8) is 0 Å². The molecule has 5 aliphatic rings. The van der Waals surface area contributed by atoms with Gasteiger partial charge in [0, 0.05) is 46.9 Å². The molecule has 16 heteroatoms. The number of aromatic carboxylic acids is 1. The number of carbonyl (C=O) groups excluding carboxylic acids is 5. The molecule has 1 aromatic carbocycles. The number of aromatic nitrogens is 9. The van der Waals surface area contributed by atoms with Gasteiger partial charge in [0.05, 0.1) is 40.0 Å². The molecule has 0 aliphatic heterocycles. The maximum atomic E-state index is 11.4. The molecule has 0 saturated carbocycles. The molecule has 15 nitrogen and oxygen atoms in total. The van der Waals surface area contributed by atoms with Crippen molar-refractivity contribution in [3.8, 4) is 11.4 Å². The van der Waals surface area contributed by atoms with Gasteiger partial charge < -0.3 is 9.90 Å². The first-order valence-electron chi connectivity index (χ1n) is 28.8. The Labute approximate surface area is 537 Å². The summed E-state index contributed by atoms with van der Waals surface area (Å²) in [6, 6.07) is 33.1. The number of hydrogen-bond acceptors (Lipinski definition) is 15. The second kappa shape index (κ2) is 30.8. The normalized spacial score (nSPS) is 14.5. The molecule has 0 N–H and O–H groups in total. The maximum absolute atomic E-state index is 11.4. The average Bonchev–Trinajstić information content (AvgIpc) is 3.49. The Bertz CT molecular complexity index is 3920. The zero-order valence-corrected chi connectivity index (χ0v) is 52.1. The van der Waals surface area contributed by atoms with E-state index in [0.29, 0.717) is 65.2 Å². The van der Waals surface area contributed by atoms with Crippen LogP contribution in [-0.4, -0.2) is 75.0 Å². The van der Waals surface area contributed by atoms with Gasteiger partial charge in [0.25, 0.3) is 0 Å². The van der Waals surface area contributed by atoms with Gasteiger partial charge >= 0.3 is 51.4 Å². The van der Waals surface area contributed by atoms with Crippen molar-refractivity contribution < 1.29 is 80.5 Å². The standard InChI is InChI=1S/C15H10N4O2.C14H17N.2C10H9NO2.C10H13N.C10H9N.K/c20-15(21)11-4-3-8-1-2-9-5-10-6-16-7-17-14(10)19-13(9)12(8)18-11;1-3-6-13-10-9-12-8-5-7-11(4-2)14(12)15-13;2*12-6-8-5-4-7-2-1-3-9(13)10(7)11-8;2*1-8-6-7-9-4-2-3-5-10(9)11-8;/h3-7H,1-2H2,(H,20,21);3-4,6,9-10H,5,7-8H2,1-2H3;2*4-6H,1-3H2;6-7H,2-5H2,1H3;2-7H,1H3;/q;;;;;;+1/p-1/b;6-3+,11-4+;;;;;. The van der Waals surface area contributed by atoms with Crippen molar-refractivity contribution in [1.29, 1.82) is 0 Å². The Hall–Kier alpha value is -7.86. The first kappa shape index (κ1) is 63.2. The van der Waals surface area contributed by atoms with Crippen LogP contribution in [0.25, 0.3) is 45.0 Å². The van der Waals surface area contributed by atoms with E-state index in [-0.39, 0.29) is 68.6 Å². The van der Waals surface area contributed by atoms with Gasteiger partial charge in [0.2, 0.25) is 0 Å². The fourth-order valence-corrected chi connectivity index (χ4v) is 10.8. The number of nitrogens with zero attached hydrogens (tertiary/aromatic N) is 9. The Morgan fingerprint density at radius 3 is 1.72 bits per heavy atom. The van der Waals surface area contributed by atoms with Crippen LogP contribution in [-0.2, 0) is 44.9 Å². The van der Waals surface area contributed by atoms with Gasteiger partial charge in [-0.1, -0.05) is 66.7 Å². The summed E-state index contributed by atoms with van der Waals surface area (Å²) in [5.74, 6) is -1.16. The number of carbonyl (C=O) groups is 5. The summed E-state index contributed by atoms with van der Waals surface area (Å²) >= 11 is 0. The molecule has 0 bridgehead atoms. The summed E-state index contributed by atoms with van der Waals surface area (Å²) in [5.41, 5.74) is 18.7. The quantitative estimate of drug-likeness (QED) is 0.118. The van der Waals surface area contributed by atoms with E-state index >= 15 is 0 Å². The molecule has 9 aromatic rings. The summed E-state index contributed by atoms with van der Waals surface area (Å²) in [7, 11) is 0. The SMILES string of the molecule is C/C=C/c1ccc2c(n1)/C(=C/C)CCC2.Cc1ccc2c(n1)CCCC2.Cc1ccc2ccccc2n1.O=C([O-])c1ccc2c(n1)-c1nc3ncncc3cc1CC2.O=Cc1ccc2c(n1)C(=O)CCC2.O=Cc1ccc2c(n1)C(=O)CCC2.[K+]. The van der Waals surface area contributed by atoms with E-state index in [4.69, 9.17) is 4.98 Å². The van der Waals surface area contributed by atoms with Crippen molar-refractivity contribution in [2.75, 3.05) is 0 Å². The van der Waals surface area contributed by atoms with Gasteiger partial charge in [-0.05, 0) is 205 Å². The largest absolute Gasteiger partial charge is 1.00 e. The van der Waals surface area contributed by atoms with Crippen LogP contribution in [0, 0.1) is 13.8 Å². The number of pyridine rings is 7. The average molecular weight is 1160 g/mol. The summed E-state index contributed by atoms with van der Waals surface area (Å²) in [4.78, 5) is 93.0. The Balaban J connectivity index is 0.000000135. The van der Waals surface area contributed by atoms with Crippen LogP contribution in [0.1, 0.15) is 180 Å². The molecule has 0 spiro atoms. The number of rotatable bonds is 4. The van der Waals surface area contributed by atoms with E-state index in [1.54, 1.807) is 24.4 Å². The predicted octanol–water partition coefficient (Wildman–Crippen LogP) is 9.05. The summed E-state index contributed by atoms with van der Waals surface area (Å²) < 4.78 is 0. The van der Waals surface area contributed by atoms with Crippen LogP contribution >= 0.6 is 0 Å². The minimum atomic E-state index is -1.28. The number of aryl methyl sites for hydroxylation is 9. The van der Waals surface area contributed by atoms with Crippen molar-refractivity contribution in [2.45, 2.75) is 124 Å². The zero-order valence-electron chi connectivity index (χ0n) is 48.9. The summed E-state index contributed by atoms with van der Waals surface area (Å²) in [6.07, 6.45) is 25.9. The van der Waals surface area contributed by atoms with Gasteiger partial charge in [-0.15, -0.1) is 0 Å². The predicted molar refractivity (Wildman–Crippen MR) is 324 cm³/mol. The van der Waals surface area contributed by atoms with Crippen molar-refractivity contribution >= 4 is 63.7 Å². The number of aldehydes is 2. The van der Waals surface area contributed by atoms with E-state index in [2.05, 4.69) is 102 Å². The number of carboxylic acids is 1. The molecule has 8 aromatic heterocycles. The Kier molecular flexibility index (Phi) is 22.9. The molecule has 0 saturated heterocycles. The summed E-state index contributed by atoms with van der Waals surface area (Å²) in [6.45, 7) is 8.20. The monoisotopic (exact) mass is 1160 g/mol. The van der Waals surface area contributed by atoms with Crippen LogP contribution < -0.4 is 56.5 Å². The van der Waals surface area contributed by atoms with Gasteiger partial charge in [-0.3, -0.25) is 29.1 Å². The second-order valence-electron chi connectivity index (χ2n) is 21.0. The van der Waals surface area contributed by atoms with Crippen molar-refractivity contribution in [3.05, 3.63) is 218 Å². The van der Waals surface area contributed by atoms with Gasteiger partial charge in [0.15, 0.2) is 29.8 Å². The van der Waals surface area contributed by atoms with Crippen LogP contribution in [0.4, 0.5) is 0 Å². The first-order chi connectivity index (χ1) is 40.9. The molecule has 424 valence electrons. The van der Waals surface area contributed by atoms with E-state index < -0.39 is 5.97 Å². The molecule has 0 amide bonds. The fourth-order valence-electron chi connectivity index (χ4n) is 10.8. The number of para-hydroxylation sites is 1. The number of hydrogen-bond donors (Lipinski definition) is 0. The van der Waals surface area contributed by atoms with Crippen LogP contribution in [0.15, 0.2) is 128 Å². The number of fused-ring (bicyclic) bond motifs is 9. The number of carboxylic acid groups (broad SMARTS) is 1. The Morgan fingerprint density at radius 1 is 0.494 bits per heavy atom. The molecule has 0 radical (unpaired) electrons. The Morgan fingerprint density at radius 2 is 1.05 bits per heavy atom. The molecule has 0 unspecified atom stereocenters. The number of allylic oxidation sites excluding steroid dienone is 3. The minimum absolute atomic E-state index is 0. The maximum Gasteiger partial charge on any atom is 1.00 e. The van der Waals surface area contributed by atoms with E-state index in [0.717, 1.165) is 88.8 Å². The molecule has 0 atom stereocenters. The third kappa shape index (κ3) is 16.5. The third-order valence-corrected chi connectivity index (χ3v) is 15.1. The van der Waals surface area contributed by atoms with Gasteiger partial charge in [-0.25, -0.2) is 34.9 Å². The third-order valence-electron chi connectivity index (χ3n) is 15.1. The smallest absolute Gasteiger partial charge is 0.543 e. The van der Waals surface area contributed by atoms with Crippen LogP contribution in [0.5, 0.6) is 0 Å². The van der Waals surface area contributed by atoms with E-state index in [9.17, 15) is 29.1 Å². The molecular formula is C69H66KN9O6. The van der Waals surface area contributed by atoms with Gasteiger partial charge in [-0.2, -0.15) is 0 Å². The minimum Gasteiger partial charge on any atom is -0.543 e. The molecule has 0 fully saturated rings. The van der Waals surface area contributed by atoms with E-state index in [1.807, 2.05) is 62.4 Å². The van der Waals surface area contributed by atoms with E-state index in [1.165, 1.54) is 90.8 Å². The molecule has 85 heavy (non-hydrogen) atoms. The zero-order chi connectivity index (χ0) is 59.0. The number of benzene rings is 1. The van der Waals surface area contributed by atoms with Crippen LogP contribution in [0.3, 0.4) is 0 Å². The summed E-state index contributed by atoms with van der Waals surface area (Å²) in [5, 5.41) is 13.1. The fraction of sp³-hybridized carbons (Fsp3) is 0.275. The topological polar surface area (TPSA) is 224 Å². The van der Waals surface area contributed by atoms with Crippen LogP contribution in [0.2, 0.25) is 0 Å². The second-order valence-corrected chi connectivity index (χ2v) is 21.0.